The normalized spacial score (nSPS) is 17.8. The Bertz CT molecular complexity index is 1180. The number of aryl methyl sites for hydroxylation is 1. The van der Waals surface area contributed by atoms with Gasteiger partial charge in [-0.05, 0) is 56.5 Å². The zero-order chi connectivity index (χ0) is 25.6. The molecule has 1 aliphatic rings. The molecule has 1 aromatic carbocycles. The molecule has 0 spiro atoms. The fourth-order valence-electron chi connectivity index (χ4n) is 5.17. The number of hydrogen-bond acceptors (Lipinski definition) is 5. The first-order valence-corrected chi connectivity index (χ1v) is 14.5. The quantitative estimate of drug-likeness (QED) is 0.262. The monoisotopic (exact) mass is 483 g/mol. The second-order valence-corrected chi connectivity index (χ2v) is 13.1. The SMILES string of the molecule is C=C[C@@H](C)[C@](O[Si](C)C)(c1c(O)c2c(c3c(CCC)cc(=O)oc13)OC(C)(C)C=C2)C(C)(C)C. The fourth-order valence-corrected chi connectivity index (χ4v) is 6.41. The van der Waals surface area contributed by atoms with Gasteiger partial charge in [0.2, 0.25) is 9.04 Å². The predicted octanol–water partition coefficient (Wildman–Crippen LogP) is 6.97. The Kier molecular flexibility index (Phi) is 6.99. The van der Waals surface area contributed by atoms with E-state index in [1.807, 2.05) is 39.0 Å². The lowest BCUT2D eigenvalue weighted by molar-refractivity contribution is -0.0724. The van der Waals surface area contributed by atoms with Crippen LogP contribution in [0.25, 0.3) is 17.0 Å². The van der Waals surface area contributed by atoms with Gasteiger partial charge in [-0.3, -0.25) is 0 Å². The van der Waals surface area contributed by atoms with Crippen molar-refractivity contribution >= 4 is 26.1 Å². The molecule has 6 heteroatoms. The van der Waals surface area contributed by atoms with E-state index >= 15 is 0 Å². The van der Waals surface area contributed by atoms with Gasteiger partial charge in [0.1, 0.15) is 17.1 Å². The topological polar surface area (TPSA) is 68.9 Å². The van der Waals surface area contributed by atoms with Crippen LogP contribution in [0.3, 0.4) is 0 Å². The Morgan fingerprint density at radius 1 is 1.29 bits per heavy atom. The molecule has 3 rings (SSSR count). The molecule has 34 heavy (non-hydrogen) atoms. The van der Waals surface area contributed by atoms with Gasteiger partial charge in [0.15, 0.2) is 5.58 Å². The van der Waals surface area contributed by atoms with Gasteiger partial charge in [0, 0.05) is 12.0 Å². The van der Waals surface area contributed by atoms with E-state index in [9.17, 15) is 9.90 Å². The van der Waals surface area contributed by atoms with Crippen molar-refractivity contribution in [1.82, 2.24) is 0 Å². The van der Waals surface area contributed by atoms with Crippen LogP contribution in [-0.4, -0.2) is 19.7 Å². The lowest BCUT2D eigenvalue weighted by Crippen LogP contribution is -2.50. The molecule has 0 unspecified atom stereocenters. The Morgan fingerprint density at radius 2 is 1.94 bits per heavy atom. The van der Waals surface area contributed by atoms with E-state index in [-0.39, 0.29) is 11.7 Å². The van der Waals surface area contributed by atoms with Crippen molar-refractivity contribution in [1.29, 1.82) is 0 Å². The van der Waals surface area contributed by atoms with Crippen molar-refractivity contribution in [3.63, 3.8) is 0 Å². The fraction of sp³-hybridized carbons (Fsp3) is 0.536. The number of hydrogen-bond donors (Lipinski definition) is 1. The highest BCUT2D eigenvalue weighted by atomic mass is 28.3. The van der Waals surface area contributed by atoms with Crippen LogP contribution in [0.2, 0.25) is 13.1 Å². The molecule has 0 saturated heterocycles. The summed E-state index contributed by atoms with van der Waals surface area (Å²) in [7, 11) is -1.26. The highest BCUT2D eigenvalue weighted by molar-refractivity contribution is 6.48. The summed E-state index contributed by atoms with van der Waals surface area (Å²) >= 11 is 0. The van der Waals surface area contributed by atoms with Crippen LogP contribution in [-0.2, 0) is 16.4 Å². The zero-order valence-electron chi connectivity index (χ0n) is 22.1. The van der Waals surface area contributed by atoms with Gasteiger partial charge in [0.05, 0.1) is 22.1 Å². The predicted molar refractivity (Wildman–Crippen MR) is 141 cm³/mol. The summed E-state index contributed by atoms with van der Waals surface area (Å²) in [4.78, 5) is 12.8. The molecule has 1 aromatic heterocycles. The first kappa shape index (κ1) is 26.3. The number of phenols is 1. The van der Waals surface area contributed by atoms with E-state index in [4.69, 9.17) is 13.6 Å². The number of ether oxygens (including phenoxy) is 1. The minimum atomic E-state index is -1.26. The van der Waals surface area contributed by atoms with Crippen molar-refractivity contribution in [3.05, 3.63) is 51.9 Å². The average molecular weight is 484 g/mol. The molecular formula is C28H39O5Si. The number of aromatic hydroxyl groups is 1. The Morgan fingerprint density at radius 3 is 2.47 bits per heavy atom. The molecule has 1 radical (unpaired) electrons. The summed E-state index contributed by atoms with van der Waals surface area (Å²) in [5.41, 5.74) is -0.213. The summed E-state index contributed by atoms with van der Waals surface area (Å²) in [5.74, 6) is 0.381. The van der Waals surface area contributed by atoms with E-state index in [2.05, 4.69) is 47.4 Å². The Balaban J connectivity index is 2.66. The van der Waals surface area contributed by atoms with Crippen LogP contribution in [0.4, 0.5) is 0 Å². The molecule has 1 N–H and O–H groups in total. The second-order valence-electron chi connectivity index (χ2n) is 11.1. The van der Waals surface area contributed by atoms with Gasteiger partial charge in [0.25, 0.3) is 0 Å². The third kappa shape index (κ3) is 4.26. The van der Waals surface area contributed by atoms with E-state index in [1.165, 1.54) is 0 Å². The van der Waals surface area contributed by atoms with Gasteiger partial charge >= 0.3 is 5.63 Å². The van der Waals surface area contributed by atoms with Crippen LogP contribution in [0.1, 0.15) is 71.6 Å². The van der Waals surface area contributed by atoms with E-state index in [0.717, 1.165) is 17.4 Å². The standard InChI is InChI=1S/C28H39O5Si/c1-11-13-18-16-20(29)31-25-21(18)24-19(14-15-27(7,8)32-24)23(30)22(25)28(17(3)12-2,26(4,5)6)33-34(9)10/h12,14-17,30H,2,11,13H2,1,3-10H3/t17-,28+/m1/s1. The molecule has 2 heterocycles. The van der Waals surface area contributed by atoms with Crippen LogP contribution in [0.15, 0.2) is 34.0 Å². The molecule has 2 aromatic rings. The van der Waals surface area contributed by atoms with Gasteiger partial charge in [-0.25, -0.2) is 4.79 Å². The molecule has 0 aliphatic carbocycles. The first-order chi connectivity index (χ1) is 15.7. The summed E-state index contributed by atoms with van der Waals surface area (Å²) in [6.45, 7) is 22.5. The molecule has 5 nitrogen and oxygen atoms in total. The van der Waals surface area contributed by atoms with Gasteiger partial charge in [-0.1, -0.05) is 47.1 Å². The van der Waals surface area contributed by atoms with E-state index < -0.39 is 31.3 Å². The summed E-state index contributed by atoms with van der Waals surface area (Å²) in [6, 6.07) is 1.55. The zero-order valence-corrected chi connectivity index (χ0v) is 23.1. The lowest BCUT2D eigenvalue weighted by Gasteiger charge is -2.50. The molecule has 0 amide bonds. The van der Waals surface area contributed by atoms with E-state index in [1.54, 1.807) is 6.07 Å². The third-order valence-corrected chi connectivity index (χ3v) is 7.35. The lowest BCUT2D eigenvalue weighted by atomic mass is 9.64. The van der Waals surface area contributed by atoms with Crippen molar-refractivity contribution in [2.75, 3.05) is 0 Å². The molecule has 0 fully saturated rings. The molecule has 2 atom stereocenters. The number of fused-ring (bicyclic) bond motifs is 3. The smallest absolute Gasteiger partial charge is 0.336 e. The van der Waals surface area contributed by atoms with Crippen LogP contribution < -0.4 is 10.4 Å². The Labute approximate surface area is 205 Å². The van der Waals surface area contributed by atoms with Crippen molar-refractivity contribution in [2.45, 2.75) is 85.6 Å². The van der Waals surface area contributed by atoms with Crippen LogP contribution in [0.5, 0.6) is 11.5 Å². The first-order valence-electron chi connectivity index (χ1n) is 12.1. The summed E-state index contributed by atoms with van der Waals surface area (Å²) in [6.07, 6.45) is 7.24. The number of benzene rings is 1. The molecule has 0 bridgehead atoms. The Hall–Kier alpha value is -2.31. The van der Waals surface area contributed by atoms with Crippen LogP contribution in [0, 0.1) is 11.3 Å². The van der Waals surface area contributed by atoms with Crippen molar-refractivity contribution in [3.8, 4) is 11.5 Å². The summed E-state index contributed by atoms with van der Waals surface area (Å²) < 4.78 is 19.2. The van der Waals surface area contributed by atoms with Gasteiger partial charge in [-0.2, -0.15) is 0 Å². The van der Waals surface area contributed by atoms with E-state index in [0.29, 0.717) is 28.9 Å². The van der Waals surface area contributed by atoms with Crippen LogP contribution >= 0.6 is 0 Å². The second kappa shape index (κ2) is 9.04. The molecule has 1 aliphatic heterocycles. The van der Waals surface area contributed by atoms with Crippen molar-refractivity contribution < 1.29 is 18.7 Å². The van der Waals surface area contributed by atoms with Gasteiger partial charge < -0.3 is 18.7 Å². The largest absolute Gasteiger partial charge is 0.507 e. The average Bonchev–Trinajstić information content (AvgIpc) is 2.70. The third-order valence-electron chi connectivity index (χ3n) is 6.61. The number of phenolic OH excluding ortho intramolecular Hbond substituents is 1. The molecular weight excluding hydrogens is 444 g/mol. The highest BCUT2D eigenvalue weighted by Crippen LogP contribution is 2.57. The van der Waals surface area contributed by atoms with Gasteiger partial charge in [-0.15, -0.1) is 6.58 Å². The maximum absolute atomic E-state index is 12.8. The maximum Gasteiger partial charge on any atom is 0.336 e. The minimum Gasteiger partial charge on any atom is -0.507 e. The van der Waals surface area contributed by atoms with Crippen molar-refractivity contribution in [2.24, 2.45) is 11.3 Å². The maximum atomic E-state index is 12.8. The minimum absolute atomic E-state index is 0.0259. The molecule has 185 valence electrons. The highest BCUT2D eigenvalue weighted by Gasteiger charge is 2.52. The number of rotatable bonds is 7. The molecule has 0 saturated carbocycles. The summed E-state index contributed by atoms with van der Waals surface area (Å²) in [5, 5.41) is 12.6.